The molecular weight excluding hydrogens is 330 g/mol. The van der Waals surface area contributed by atoms with Crippen LogP contribution in [0.5, 0.6) is 0 Å². The molecule has 6 nitrogen and oxygen atoms in total. The molecule has 1 aromatic heterocycles. The molecule has 0 aliphatic rings. The van der Waals surface area contributed by atoms with E-state index in [0.717, 1.165) is 0 Å². The largest absolute Gasteiger partial charge is 0.462 e. The van der Waals surface area contributed by atoms with Gasteiger partial charge in [-0.15, -0.1) is 0 Å². The van der Waals surface area contributed by atoms with E-state index in [1.807, 2.05) is 12.1 Å². The number of esters is 1. The molecule has 0 radical (unpaired) electrons. The molecule has 0 amide bonds. The number of Topliss-reactive ketones (excluding diaryl/α,β-unsaturated/α-hetero) is 1. The summed E-state index contributed by atoms with van der Waals surface area (Å²) in [4.78, 5) is 27.7. The van der Waals surface area contributed by atoms with Crippen LogP contribution in [0.15, 0.2) is 29.8 Å². The van der Waals surface area contributed by atoms with Gasteiger partial charge in [0.1, 0.15) is 11.6 Å². The molecular formula is C20H17N3O3. The van der Waals surface area contributed by atoms with Crippen molar-refractivity contribution < 1.29 is 14.3 Å². The Bertz CT molecular complexity index is 967. The van der Waals surface area contributed by atoms with E-state index in [1.165, 1.54) is 6.08 Å². The Morgan fingerprint density at radius 3 is 2.38 bits per heavy atom. The van der Waals surface area contributed by atoms with Crippen LogP contribution in [0.1, 0.15) is 50.2 Å². The number of rotatable bonds is 5. The highest BCUT2D eigenvalue weighted by molar-refractivity contribution is 6.15. The third kappa shape index (κ3) is 3.71. The highest BCUT2D eigenvalue weighted by atomic mass is 16.5. The SMILES string of the molecule is CCOC(=O)c1c(C)[nH]c(C(=O)/C(C#N)=C/c2ccc(C#N)cc2)c1C. The third-order valence-electron chi connectivity index (χ3n) is 3.86. The van der Waals surface area contributed by atoms with Crippen molar-refractivity contribution in [3.05, 3.63) is 63.5 Å². The summed E-state index contributed by atoms with van der Waals surface area (Å²) in [6.07, 6.45) is 1.45. The van der Waals surface area contributed by atoms with Crippen molar-refractivity contribution in [1.82, 2.24) is 4.98 Å². The molecule has 0 spiro atoms. The highest BCUT2D eigenvalue weighted by Crippen LogP contribution is 2.22. The van der Waals surface area contributed by atoms with Crippen LogP contribution >= 0.6 is 0 Å². The van der Waals surface area contributed by atoms with Gasteiger partial charge in [0, 0.05) is 5.69 Å². The summed E-state index contributed by atoms with van der Waals surface area (Å²) in [6.45, 7) is 5.25. The van der Waals surface area contributed by atoms with Crippen molar-refractivity contribution in [3.8, 4) is 12.1 Å². The number of aromatic nitrogens is 1. The maximum Gasteiger partial charge on any atom is 0.340 e. The van der Waals surface area contributed by atoms with Crippen molar-refractivity contribution in [3.63, 3.8) is 0 Å². The number of carbonyl (C=O) groups excluding carboxylic acids is 2. The van der Waals surface area contributed by atoms with Gasteiger partial charge >= 0.3 is 5.97 Å². The number of aromatic amines is 1. The molecule has 2 rings (SSSR count). The molecule has 0 aliphatic carbocycles. The molecule has 0 saturated carbocycles. The number of nitriles is 2. The van der Waals surface area contributed by atoms with E-state index in [1.54, 1.807) is 45.0 Å². The number of benzene rings is 1. The molecule has 0 fully saturated rings. The normalized spacial score (nSPS) is 10.7. The van der Waals surface area contributed by atoms with Gasteiger partial charge in [-0.1, -0.05) is 12.1 Å². The van der Waals surface area contributed by atoms with E-state index in [4.69, 9.17) is 10.00 Å². The van der Waals surface area contributed by atoms with Crippen molar-refractivity contribution in [2.75, 3.05) is 6.61 Å². The number of nitrogens with one attached hydrogen (secondary N) is 1. The number of nitrogens with zero attached hydrogens (tertiary/aromatic N) is 2. The van der Waals surface area contributed by atoms with Crippen LogP contribution in [0.25, 0.3) is 6.08 Å². The lowest BCUT2D eigenvalue weighted by Gasteiger charge is -2.02. The maximum atomic E-state index is 12.7. The smallest absolute Gasteiger partial charge is 0.340 e. The molecule has 6 heteroatoms. The van der Waals surface area contributed by atoms with Gasteiger partial charge in [-0.05, 0) is 50.1 Å². The summed E-state index contributed by atoms with van der Waals surface area (Å²) < 4.78 is 5.01. The van der Waals surface area contributed by atoms with Crippen LogP contribution < -0.4 is 0 Å². The molecule has 0 aliphatic heterocycles. The van der Waals surface area contributed by atoms with E-state index in [0.29, 0.717) is 27.9 Å². The molecule has 26 heavy (non-hydrogen) atoms. The van der Waals surface area contributed by atoms with Crippen LogP contribution in [0.4, 0.5) is 0 Å². The Morgan fingerprint density at radius 1 is 1.19 bits per heavy atom. The monoisotopic (exact) mass is 347 g/mol. The second-order valence-corrected chi connectivity index (χ2v) is 5.58. The van der Waals surface area contributed by atoms with Gasteiger partial charge < -0.3 is 9.72 Å². The summed E-state index contributed by atoms with van der Waals surface area (Å²) in [5.74, 6) is -1.01. The highest BCUT2D eigenvalue weighted by Gasteiger charge is 2.24. The fourth-order valence-electron chi connectivity index (χ4n) is 2.59. The average molecular weight is 347 g/mol. The number of allylic oxidation sites excluding steroid dienone is 1. The van der Waals surface area contributed by atoms with Crippen LogP contribution in [0.3, 0.4) is 0 Å². The van der Waals surface area contributed by atoms with Crippen molar-refractivity contribution in [2.24, 2.45) is 0 Å². The van der Waals surface area contributed by atoms with Crippen molar-refractivity contribution in [1.29, 1.82) is 10.5 Å². The minimum Gasteiger partial charge on any atom is -0.462 e. The summed E-state index contributed by atoms with van der Waals surface area (Å²) in [5.41, 5.74) is 2.50. The van der Waals surface area contributed by atoms with Gasteiger partial charge in [0.2, 0.25) is 5.78 Å². The second kappa shape index (κ2) is 7.96. The number of H-pyrrole nitrogens is 1. The first-order valence-electron chi connectivity index (χ1n) is 7.95. The Hall–Kier alpha value is -3.64. The molecule has 0 unspecified atom stereocenters. The molecule has 0 saturated heterocycles. The van der Waals surface area contributed by atoms with E-state index in [-0.39, 0.29) is 17.9 Å². The molecule has 0 bridgehead atoms. The molecule has 1 aromatic carbocycles. The zero-order chi connectivity index (χ0) is 19.3. The first kappa shape index (κ1) is 18.7. The number of aryl methyl sites for hydroxylation is 1. The van der Waals surface area contributed by atoms with Crippen LogP contribution in [-0.2, 0) is 4.74 Å². The predicted molar refractivity (Wildman–Crippen MR) is 95.3 cm³/mol. The minimum absolute atomic E-state index is 0.0746. The predicted octanol–water partition coefficient (Wildman–Crippen LogP) is 3.47. The first-order chi connectivity index (χ1) is 12.4. The second-order valence-electron chi connectivity index (χ2n) is 5.58. The Kier molecular flexibility index (Phi) is 5.72. The van der Waals surface area contributed by atoms with Crippen molar-refractivity contribution >= 4 is 17.8 Å². The standard InChI is InChI=1S/C20H17N3O3/c1-4-26-20(25)17-12(2)18(23-13(17)3)19(24)16(11-22)9-14-5-7-15(10-21)8-6-14/h5-9,23H,4H2,1-3H3/b16-9+. The summed E-state index contributed by atoms with van der Waals surface area (Å²) in [6, 6.07) is 10.4. The van der Waals surface area contributed by atoms with Gasteiger partial charge in [0.15, 0.2) is 0 Å². The first-order valence-corrected chi connectivity index (χ1v) is 7.95. The summed E-state index contributed by atoms with van der Waals surface area (Å²) in [7, 11) is 0. The van der Waals surface area contributed by atoms with Gasteiger partial charge in [-0.3, -0.25) is 4.79 Å². The lowest BCUT2D eigenvalue weighted by molar-refractivity contribution is 0.0525. The van der Waals surface area contributed by atoms with Gasteiger partial charge in [0.05, 0.1) is 29.5 Å². The zero-order valence-corrected chi connectivity index (χ0v) is 14.7. The van der Waals surface area contributed by atoms with E-state index < -0.39 is 11.8 Å². The fourth-order valence-corrected chi connectivity index (χ4v) is 2.59. The number of ketones is 1. The lowest BCUT2D eigenvalue weighted by Crippen LogP contribution is -2.08. The van der Waals surface area contributed by atoms with Crippen molar-refractivity contribution in [2.45, 2.75) is 20.8 Å². The molecule has 130 valence electrons. The van der Waals surface area contributed by atoms with Crippen LogP contribution in [0, 0.1) is 36.5 Å². The number of hydrogen-bond acceptors (Lipinski definition) is 5. The maximum absolute atomic E-state index is 12.7. The van der Waals surface area contributed by atoms with E-state index in [9.17, 15) is 14.9 Å². The Morgan fingerprint density at radius 2 is 1.85 bits per heavy atom. The summed E-state index contributed by atoms with van der Waals surface area (Å²) >= 11 is 0. The van der Waals surface area contributed by atoms with Gasteiger partial charge in [0.25, 0.3) is 0 Å². The van der Waals surface area contributed by atoms with E-state index >= 15 is 0 Å². The number of ether oxygens (including phenoxy) is 1. The summed E-state index contributed by atoms with van der Waals surface area (Å²) in [5, 5.41) is 18.2. The quantitative estimate of drug-likeness (QED) is 0.386. The number of carbonyl (C=O) groups is 2. The Labute approximate surface area is 151 Å². The van der Waals surface area contributed by atoms with E-state index in [2.05, 4.69) is 4.98 Å². The van der Waals surface area contributed by atoms with Crippen LogP contribution in [-0.4, -0.2) is 23.3 Å². The molecule has 1 heterocycles. The zero-order valence-electron chi connectivity index (χ0n) is 14.7. The number of hydrogen-bond donors (Lipinski definition) is 1. The topological polar surface area (TPSA) is 107 Å². The Balaban J connectivity index is 2.41. The van der Waals surface area contributed by atoms with Gasteiger partial charge in [-0.25, -0.2) is 4.79 Å². The third-order valence-corrected chi connectivity index (χ3v) is 3.86. The average Bonchev–Trinajstić information content (AvgIpc) is 2.94. The molecule has 0 atom stereocenters. The molecule has 2 aromatic rings. The fraction of sp³-hybridized carbons (Fsp3) is 0.200. The van der Waals surface area contributed by atoms with Gasteiger partial charge in [-0.2, -0.15) is 10.5 Å². The lowest BCUT2D eigenvalue weighted by atomic mass is 10.0. The minimum atomic E-state index is -0.507. The van der Waals surface area contributed by atoms with Crippen LogP contribution in [0.2, 0.25) is 0 Å². The molecule has 1 N–H and O–H groups in total.